The summed E-state index contributed by atoms with van der Waals surface area (Å²) in [5.41, 5.74) is 3.13. The first-order chi connectivity index (χ1) is 11.9. The molecule has 2 rings (SSSR count). The Hall–Kier alpha value is -1.24. The van der Waals surface area contributed by atoms with Crippen molar-refractivity contribution in [3.05, 3.63) is 64.2 Å². The van der Waals surface area contributed by atoms with Crippen LogP contribution in [0.5, 0.6) is 0 Å². The number of rotatable bonds is 8. The van der Waals surface area contributed by atoms with Crippen molar-refractivity contribution in [2.24, 2.45) is 0 Å². The van der Waals surface area contributed by atoms with Crippen LogP contribution in [0.15, 0.2) is 47.4 Å². The van der Waals surface area contributed by atoms with Crippen LogP contribution in [-0.4, -0.2) is 35.6 Å². The van der Waals surface area contributed by atoms with Crippen LogP contribution in [-0.2, 0) is 27.0 Å². The van der Waals surface area contributed by atoms with E-state index in [1.54, 1.807) is 18.5 Å². The average molecular weight is 382 g/mol. The van der Waals surface area contributed by atoms with E-state index in [2.05, 4.69) is 0 Å². The molecule has 1 unspecified atom stereocenters. The maximum atomic E-state index is 13.1. The minimum atomic E-state index is -1.35. The van der Waals surface area contributed by atoms with E-state index >= 15 is 0 Å². The van der Waals surface area contributed by atoms with Crippen molar-refractivity contribution >= 4 is 22.6 Å². The van der Waals surface area contributed by atoms with Gasteiger partial charge in [-0.1, -0.05) is 41.4 Å². The molecule has 0 radical (unpaired) electrons. The van der Waals surface area contributed by atoms with E-state index in [4.69, 9.17) is 21.1 Å². The van der Waals surface area contributed by atoms with Crippen molar-refractivity contribution in [2.75, 3.05) is 20.8 Å². The molecule has 0 saturated carbocycles. The summed E-state index contributed by atoms with van der Waals surface area (Å²) in [6.07, 6.45) is -0.473. The Morgan fingerprint density at radius 3 is 2.20 bits per heavy atom. The van der Waals surface area contributed by atoms with Gasteiger partial charge in [-0.25, -0.2) is 8.51 Å². The lowest BCUT2D eigenvalue weighted by Crippen LogP contribution is -2.35. The number of methoxy groups -OCH3 is 2. The SMILES string of the molecule is COC(CN(Cc1ccc(C)cc1Cl)S(=O)c1ccc(C)cc1)OC. The van der Waals surface area contributed by atoms with Crippen molar-refractivity contribution in [3.8, 4) is 0 Å². The molecular formula is C19H24ClNO3S. The molecule has 4 nitrogen and oxygen atoms in total. The van der Waals surface area contributed by atoms with E-state index in [1.807, 2.05) is 56.3 Å². The zero-order valence-electron chi connectivity index (χ0n) is 15.0. The van der Waals surface area contributed by atoms with Crippen molar-refractivity contribution in [2.45, 2.75) is 31.6 Å². The predicted molar refractivity (Wildman–Crippen MR) is 102 cm³/mol. The van der Waals surface area contributed by atoms with Gasteiger partial charge in [0.05, 0.1) is 11.4 Å². The van der Waals surface area contributed by atoms with Gasteiger partial charge in [0.2, 0.25) is 0 Å². The molecule has 25 heavy (non-hydrogen) atoms. The van der Waals surface area contributed by atoms with Gasteiger partial charge in [-0.3, -0.25) is 0 Å². The molecule has 0 aliphatic heterocycles. The largest absolute Gasteiger partial charge is 0.355 e. The molecule has 0 aliphatic rings. The average Bonchev–Trinajstić information content (AvgIpc) is 2.60. The molecule has 6 heteroatoms. The third-order valence-corrected chi connectivity index (χ3v) is 5.67. The van der Waals surface area contributed by atoms with E-state index in [0.29, 0.717) is 18.1 Å². The van der Waals surface area contributed by atoms with Gasteiger partial charge in [0, 0.05) is 25.8 Å². The number of hydrogen-bond donors (Lipinski definition) is 0. The van der Waals surface area contributed by atoms with Crippen molar-refractivity contribution in [1.29, 1.82) is 0 Å². The van der Waals surface area contributed by atoms with Gasteiger partial charge in [0.15, 0.2) is 6.29 Å². The molecule has 0 amide bonds. The maximum Gasteiger partial charge on any atom is 0.170 e. The Balaban J connectivity index is 2.28. The number of benzene rings is 2. The van der Waals surface area contributed by atoms with E-state index in [-0.39, 0.29) is 0 Å². The Bertz CT molecular complexity index is 717. The number of ether oxygens (including phenoxy) is 2. The Kier molecular flexibility index (Phi) is 7.59. The minimum Gasteiger partial charge on any atom is -0.355 e. The van der Waals surface area contributed by atoms with Gasteiger partial charge in [0.25, 0.3) is 0 Å². The van der Waals surface area contributed by atoms with Crippen molar-refractivity contribution < 1.29 is 13.7 Å². The molecule has 0 heterocycles. The summed E-state index contributed by atoms with van der Waals surface area (Å²) in [7, 11) is 1.79. The number of halogens is 1. The first kappa shape index (κ1) is 20.1. The first-order valence-corrected chi connectivity index (χ1v) is 9.47. The number of aryl methyl sites for hydroxylation is 2. The van der Waals surface area contributed by atoms with E-state index in [1.165, 1.54) is 0 Å². The van der Waals surface area contributed by atoms with Crippen molar-refractivity contribution in [1.82, 2.24) is 4.31 Å². The molecule has 2 aromatic rings. The van der Waals surface area contributed by atoms with Crippen LogP contribution >= 0.6 is 11.6 Å². The summed E-state index contributed by atoms with van der Waals surface area (Å²) >= 11 is 6.36. The zero-order chi connectivity index (χ0) is 18.4. The molecule has 2 aromatic carbocycles. The summed E-state index contributed by atoms with van der Waals surface area (Å²) < 4.78 is 25.5. The van der Waals surface area contributed by atoms with E-state index < -0.39 is 17.3 Å². The normalized spacial score (nSPS) is 12.8. The third-order valence-electron chi connectivity index (χ3n) is 3.89. The quantitative estimate of drug-likeness (QED) is 0.646. The van der Waals surface area contributed by atoms with Crippen LogP contribution in [0, 0.1) is 13.8 Å². The van der Waals surface area contributed by atoms with E-state index in [0.717, 1.165) is 21.6 Å². The second-order valence-corrected chi connectivity index (χ2v) is 7.77. The van der Waals surface area contributed by atoms with Gasteiger partial charge >= 0.3 is 0 Å². The second kappa shape index (κ2) is 9.46. The fraction of sp³-hybridized carbons (Fsp3) is 0.368. The predicted octanol–water partition coefficient (Wildman–Crippen LogP) is 4.10. The topological polar surface area (TPSA) is 38.8 Å². The molecule has 0 spiro atoms. The molecular weight excluding hydrogens is 358 g/mol. The standard InChI is InChI=1S/C19H24ClNO3S/c1-14-6-9-17(10-7-14)25(22)21(13-19(23-3)24-4)12-16-8-5-15(2)11-18(16)20/h5-11,19H,12-13H2,1-4H3. The molecule has 0 aromatic heterocycles. The highest BCUT2D eigenvalue weighted by atomic mass is 35.5. The molecule has 136 valence electrons. The smallest absolute Gasteiger partial charge is 0.170 e. The van der Waals surface area contributed by atoms with Gasteiger partial charge in [0.1, 0.15) is 11.0 Å². The van der Waals surface area contributed by atoms with Crippen LogP contribution in [0.3, 0.4) is 0 Å². The van der Waals surface area contributed by atoms with Crippen LogP contribution in [0.25, 0.3) is 0 Å². The van der Waals surface area contributed by atoms with E-state index in [9.17, 15) is 4.21 Å². The Morgan fingerprint density at radius 1 is 1.04 bits per heavy atom. The second-order valence-electron chi connectivity index (χ2n) is 5.88. The maximum absolute atomic E-state index is 13.1. The summed E-state index contributed by atoms with van der Waals surface area (Å²) in [6, 6.07) is 13.5. The molecule has 0 fully saturated rings. The monoisotopic (exact) mass is 381 g/mol. The van der Waals surface area contributed by atoms with Crippen molar-refractivity contribution in [3.63, 3.8) is 0 Å². The number of hydrogen-bond acceptors (Lipinski definition) is 3. The highest BCUT2D eigenvalue weighted by molar-refractivity contribution is 7.82. The summed E-state index contributed by atoms with van der Waals surface area (Å²) in [6.45, 7) is 4.78. The lowest BCUT2D eigenvalue weighted by molar-refractivity contribution is -0.108. The highest BCUT2D eigenvalue weighted by Crippen LogP contribution is 2.22. The van der Waals surface area contributed by atoms with Gasteiger partial charge in [-0.15, -0.1) is 0 Å². The van der Waals surface area contributed by atoms with Gasteiger partial charge < -0.3 is 9.47 Å². The van der Waals surface area contributed by atoms with Crippen LogP contribution in [0.1, 0.15) is 16.7 Å². The lowest BCUT2D eigenvalue weighted by Gasteiger charge is -2.25. The van der Waals surface area contributed by atoms with Gasteiger partial charge in [-0.05, 0) is 43.2 Å². The first-order valence-electron chi connectivity index (χ1n) is 7.98. The molecule has 0 saturated heterocycles. The van der Waals surface area contributed by atoms with Gasteiger partial charge in [-0.2, -0.15) is 0 Å². The highest BCUT2D eigenvalue weighted by Gasteiger charge is 2.21. The summed E-state index contributed by atoms with van der Waals surface area (Å²) in [4.78, 5) is 0.736. The number of nitrogens with zero attached hydrogens (tertiary/aromatic N) is 1. The molecule has 1 atom stereocenters. The van der Waals surface area contributed by atoms with Crippen LogP contribution < -0.4 is 0 Å². The summed E-state index contributed by atoms with van der Waals surface area (Å²) in [5.74, 6) is 0. The minimum absolute atomic E-state index is 0.359. The molecule has 0 aliphatic carbocycles. The molecule has 0 bridgehead atoms. The van der Waals surface area contributed by atoms with Crippen LogP contribution in [0.2, 0.25) is 5.02 Å². The van der Waals surface area contributed by atoms with Crippen LogP contribution in [0.4, 0.5) is 0 Å². The zero-order valence-corrected chi connectivity index (χ0v) is 16.6. The summed E-state index contributed by atoms with van der Waals surface area (Å²) in [5, 5.41) is 0.664. The Labute approximate surface area is 157 Å². The Morgan fingerprint density at radius 2 is 1.64 bits per heavy atom. The fourth-order valence-corrected chi connectivity index (χ4v) is 3.85. The fourth-order valence-electron chi connectivity index (χ4n) is 2.38. The molecule has 0 N–H and O–H groups in total. The third kappa shape index (κ3) is 5.62. The lowest BCUT2D eigenvalue weighted by atomic mass is 10.1.